The van der Waals surface area contributed by atoms with Gasteiger partial charge in [0.05, 0.1) is 27.6 Å². The van der Waals surface area contributed by atoms with Gasteiger partial charge in [-0.1, -0.05) is 56.9 Å². The Morgan fingerprint density at radius 2 is 1.59 bits per heavy atom. The molecule has 0 heterocycles. The maximum Gasteiger partial charge on any atom is 0.328 e. The standard InChI is InChI=1S/C24H42NO5P.H2O/c1-5-6-7-9-13-21-15-12-16-22(18-21)14-10-8-11-17-31(28,29)30-23(19-24(26)27)20-25(2,3)4;/h12,15-16,18,23H,5-11,13-14,17,19-20H2,1-4H3,(H-,26,27,28,29);1H2/t23-;/m1./s1. The molecule has 186 valence electrons. The van der Waals surface area contributed by atoms with Gasteiger partial charge in [0.15, 0.2) is 0 Å². The summed E-state index contributed by atoms with van der Waals surface area (Å²) in [5.74, 6) is -1.02. The topological polar surface area (TPSA) is 114 Å². The van der Waals surface area contributed by atoms with Crippen LogP contribution in [-0.4, -0.2) is 65.9 Å². The fourth-order valence-electron chi connectivity index (χ4n) is 3.74. The van der Waals surface area contributed by atoms with Crippen molar-refractivity contribution < 1.29 is 33.8 Å². The highest BCUT2D eigenvalue weighted by molar-refractivity contribution is 7.52. The Kier molecular flexibility index (Phi) is 15.0. The van der Waals surface area contributed by atoms with E-state index in [1.54, 1.807) is 0 Å². The molecular formula is C24H44NO6P. The second-order valence-corrected chi connectivity index (χ2v) is 11.5. The lowest BCUT2D eigenvalue weighted by Gasteiger charge is -2.29. The smallest absolute Gasteiger partial charge is 0.328 e. The number of hydrogen-bond acceptors (Lipinski definition) is 4. The van der Waals surface area contributed by atoms with Gasteiger partial charge >= 0.3 is 13.6 Å². The molecule has 0 aliphatic rings. The number of hydrogen-bond donors (Lipinski definition) is 2. The van der Waals surface area contributed by atoms with Crippen LogP contribution >= 0.6 is 7.60 Å². The number of nitrogens with zero attached hydrogens (tertiary/aromatic N) is 1. The largest absolute Gasteiger partial charge is 0.870 e. The van der Waals surface area contributed by atoms with E-state index in [0.717, 1.165) is 25.7 Å². The first-order valence-electron chi connectivity index (χ1n) is 11.6. The number of benzene rings is 1. The lowest BCUT2D eigenvalue weighted by Crippen LogP contribution is -2.42. The lowest BCUT2D eigenvalue weighted by atomic mass is 10.0. The summed E-state index contributed by atoms with van der Waals surface area (Å²) in [6, 6.07) is 8.75. The summed E-state index contributed by atoms with van der Waals surface area (Å²) in [5, 5.41) is 9.06. The molecule has 7 nitrogen and oxygen atoms in total. The first-order chi connectivity index (χ1) is 14.5. The Hall–Kier alpha value is -1.24. The Balaban J connectivity index is 0.00000961. The highest BCUT2D eigenvalue weighted by Crippen LogP contribution is 2.45. The minimum Gasteiger partial charge on any atom is -0.870 e. The van der Waals surface area contributed by atoms with Crippen molar-refractivity contribution in [2.24, 2.45) is 0 Å². The van der Waals surface area contributed by atoms with Gasteiger partial charge in [0.2, 0.25) is 0 Å². The van der Waals surface area contributed by atoms with E-state index in [2.05, 4.69) is 31.2 Å². The number of aliphatic carboxylic acids is 1. The van der Waals surface area contributed by atoms with E-state index in [0.29, 0.717) is 17.4 Å². The number of rotatable bonds is 17. The minimum atomic E-state index is -3.80. The van der Waals surface area contributed by atoms with E-state index < -0.39 is 19.7 Å². The molecule has 1 unspecified atom stereocenters. The van der Waals surface area contributed by atoms with Crippen LogP contribution in [0.3, 0.4) is 0 Å². The van der Waals surface area contributed by atoms with E-state index in [1.807, 2.05) is 21.1 Å². The third kappa shape index (κ3) is 15.5. The molecule has 0 radical (unpaired) electrons. The summed E-state index contributed by atoms with van der Waals surface area (Å²) < 4.78 is 18.3. The highest BCUT2D eigenvalue weighted by Gasteiger charge is 2.30. The van der Waals surface area contributed by atoms with Gasteiger partial charge in [-0.2, -0.15) is 0 Å². The molecule has 0 spiro atoms. The number of aryl methyl sites for hydroxylation is 2. The van der Waals surface area contributed by atoms with E-state index in [9.17, 15) is 14.3 Å². The first kappa shape index (κ1) is 30.8. The van der Waals surface area contributed by atoms with Gasteiger partial charge in [-0.3, -0.25) is 13.9 Å². The number of likely N-dealkylation sites (N-methyl/N-ethyl adjacent to an activating group) is 1. The third-order valence-electron chi connectivity index (χ3n) is 5.18. The molecule has 1 rings (SSSR count). The van der Waals surface area contributed by atoms with Crippen molar-refractivity contribution in [2.75, 3.05) is 33.8 Å². The van der Waals surface area contributed by atoms with Crippen LogP contribution in [0.15, 0.2) is 24.3 Å². The number of carboxylic acid groups (broad SMARTS) is 1. The molecule has 0 aliphatic heterocycles. The quantitative estimate of drug-likeness (QED) is 0.185. The molecule has 8 heteroatoms. The third-order valence-corrected chi connectivity index (χ3v) is 6.69. The summed E-state index contributed by atoms with van der Waals surface area (Å²) >= 11 is 0. The lowest BCUT2D eigenvalue weighted by molar-refractivity contribution is -0.873. The average Bonchev–Trinajstić information content (AvgIpc) is 2.63. The summed E-state index contributed by atoms with van der Waals surface area (Å²) in [6.45, 7) is 2.59. The van der Waals surface area contributed by atoms with Crippen LogP contribution in [-0.2, 0) is 26.7 Å². The van der Waals surface area contributed by atoms with Crippen LogP contribution < -0.4 is 0 Å². The molecule has 1 aromatic rings. The molecule has 3 N–H and O–H groups in total. The van der Waals surface area contributed by atoms with Crippen molar-refractivity contribution >= 4 is 13.6 Å². The minimum absolute atomic E-state index is 0. The second-order valence-electron chi connectivity index (χ2n) is 9.60. The second kappa shape index (κ2) is 15.6. The van der Waals surface area contributed by atoms with Gasteiger partial charge in [0.25, 0.3) is 0 Å². The molecule has 0 bridgehead atoms. The van der Waals surface area contributed by atoms with Crippen molar-refractivity contribution in [1.82, 2.24) is 0 Å². The van der Waals surface area contributed by atoms with Crippen molar-refractivity contribution in [1.29, 1.82) is 0 Å². The van der Waals surface area contributed by atoms with E-state index in [-0.39, 0.29) is 18.1 Å². The van der Waals surface area contributed by atoms with Crippen LogP contribution in [0, 0.1) is 0 Å². The fourth-order valence-corrected chi connectivity index (χ4v) is 5.08. The summed E-state index contributed by atoms with van der Waals surface area (Å²) in [6.07, 6.45) is 8.57. The highest BCUT2D eigenvalue weighted by atomic mass is 31.2. The van der Waals surface area contributed by atoms with Gasteiger partial charge in [0.1, 0.15) is 12.6 Å². The summed E-state index contributed by atoms with van der Waals surface area (Å²) in [5.41, 5.74) is 2.71. The van der Waals surface area contributed by atoms with Gasteiger partial charge in [0, 0.05) is 6.16 Å². The van der Waals surface area contributed by atoms with Crippen molar-refractivity contribution in [3.05, 3.63) is 35.4 Å². The molecule has 0 aromatic heterocycles. The molecule has 2 atom stereocenters. The predicted octanol–water partition coefficient (Wildman–Crippen LogP) is 5.10. The zero-order valence-corrected chi connectivity index (χ0v) is 21.2. The maximum absolute atomic E-state index is 12.4. The number of carboxylic acids is 1. The molecule has 32 heavy (non-hydrogen) atoms. The average molecular weight is 474 g/mol. The Bertz CT molecular complexity index is 704. The van der Waals surface area contributed by atoms with Crippen LogP contribution in [0.4, 0.5) is 0 Å². The van der Waals surface area contributed by atoms with Crippen LogP contribution in [0.1, 0.15) is 69.4 Å². The first-order valence-corrected chi connectivity index (χ1v) is 13.4. The maximum atomic E-state index is 12.4. The zero-order chi connectivity index (χ0) is 23.3. The number of unbranched alkanes of at least 4 members (excludes halogenated alkanes) is 5. The summed E-state index contributed by atoms with van der Waals surface area (Å²) in [4.78, 5) is 21.3. The van der Waals surface area contributed by atoms with E-state index in [4.69, 9.17) is 9.63 Å². The molecule has 0 aliphatic carbocycles. The number of quaternary nitrogens is 1. The zero-order valence-electron chi connectivity index (χ0n) is 20.3. The van der Waals surface area contributed by atoms with E-state index in [1.165, 1.54) is 36.8 Å². The monoisotopic (exact) mass is 473 g/mol. The van der Waals surface area contributed by atoms with Crippen LogP contribution in [0.2, 0.25) is 0 Å². The van der Waals surface area contributed by atoms with Gasteiger partial charge in [-0.25, -0.2) is 0 Å². The molecule has 1 aromatic carbocycles. The SMILES string of the molecule is CCCCCCc1cccc(CCCCCP(=O)(O)O[C@H](CC(=O)O)C[N+](C)(C)C)c1.[OH-]. The van der Waals surface area contributed by atoms with Crippen LogP contribution in [0.5, 0.6) is 0 Å². The molecule has 0 saturated heterocycles. The van der Waals surface area contributed by atoms with Gasteiger partial charge in [-0.05, 0) is 43.2 Å². The van der Waals surface area contributed by atoms with E-state index >= 15 is 0 Å². The van der Waals surface area contributed by atoms with Crippen molar-refractivity contribution in [3.8, 4) is 0 Å². The predicted molar refractivity (Wildman–Crippen MR) is 128 cm³/mol. The van der Waals surface area contributed by atoms with Crippen molar-refractivity contribution in [3.63, 3.8) is 0 Å². The fraction of sp³-hybridized carbons (Fsp3) is 0.708. The molecule has 0 fully saturated rings. The molecule has 0 amide bonds. The van der Waals surface area contributed by atoms with Gasteiger partial charge < -0.3 is 20.0 Å². The van der Waals surface area contributed by atoms with Gasteiger partial charge in [-0.15, -0.1) is 0 Å². The number of carbonyl (C=O) groups is 1. The molecular weight excluding hydrogens is 429 g/mol. The molecule has 0 saturated carbocycles. The summed E-state index contributed by atoms with van der Waals surface area (Å²) in [7, 11) is 1.91. The van der Waals surface area contributed by atoms with Crippen molar-refractivity contribution in [2.45, 2.75) is 77.2 Å². The Morgan fingerprint density at radius 1 is 1.03 bits per heavy atom. The Morgan fingerprint density at radius 3 is 2.09 bits per heavy atom. The normalized spacial score (nSPS) is 14.4. The van der Waals surface area contributed by atoms with Crippen LogP contribution in [0.25, 0.3) is 0 Å². The Labute approximate surface area is 194 Å².